The van der Waals surface area contributed by atoms with E-state index in [1.807, 2.05) is 54.3 Å². The van der Waals surface area contributed by atoms with E-state index in [9.17, 15) is 9.59 Å². The Balaban J connectivity index is 1.75. The first-order chi connectivity index (χ1) is 12.6. The molecule has 138 valence electrons. The van der Waals surface area contributed by atoms with E-state index in [1.54, 1.807) is 19.2 Å². The van der Waals surface area contributed by atoms with Crippen LogP contribution in [0.1, 0.15) is 35.7 Å². The average Bonchev–Trinajstić information content (AvgIpc) is 2.70. The van der Waals surface area contributed by atoms with Crippen molar-refractivity contribution < 1.29 is 14.3 Å². The summed E-state index contributed by atoms with van der Waals surface area (Å²) in [7, 11) is 1.63. The highest BCUT2D eigenvalue weighted by Gasteiger charge is 2.12. The van der Waals surface area contributed by atoms with Gasteiger partial charge in [0.15, 0.2) is 0 Å². The molecule has 0 aliphatic carbocycles. The zero-order valence-electron chi connectivity index (χ0n) is 15.4. The Kier molecular flexibility index (Phi) is 7.68. The van der Waals surface area contributed by atoms with Crippen LogP contribution in [0.4, 0.5) is 0 Å². The molecule has 0 aliphatic rings. The lowest BCUT2D eigenvalue weighted by Crippen LogP contribution is -2.31. The van der Waals surface area contributed by atoms with E-state index in [2.05, 4.69) is 5.32 Å². The molecule has 0 bridgehead atoms. The summed E-state index contributed by atoms with van der Waals surface area (Å²) in [6.07, 6.45) is 1.04. The molecule has 0 saturated carbocycles. The van der Waals surface area contributed by atoms with E-state index in [4.69, 9.17) is 4.74 Å². The number of nitrogens with one attached hydrogen (secondary N) is 1. The molecule has 0 aliphatic heterocycles. The monoisotopic (exact) mass is 354 g/mol. The predicted molar refractivity (Wildman–Crippen MR) is 102 cm³/mol. The van der Waals surface area contributed by atoms with Crippen LogP contribution in [0, 0.1) is 0 Å². The molecule has 5 heteroatoms. The van der Waals surface area contributed by atoms with Crippen LogP contribution in [0.25, 0.3) is 0 Å². The van der Waals surface area contributed by atoms with Gasteiger partial charge in [0.1, 0.15) is 5.75 Å². The lowest BCUT2D eigenvalue weighted by atomic mass is 10.2. The van der Waals surface area contributed by atoms with Crippen LogP contribution >= 0.6 is 0 Å². The number of methoxy groups -OCH3 is 1. The Bertz CT molecular complexity index is 699. The Morgan fingerprint density at radius 1 is 1.04 bits per heavy atom. The first-order valence-corrected chi connectivity index (χ1v) is 8.88. The second-order valence-electron chi connectivity index (χ2n) is 5.98. The molecule has 2 aromatic rings. The first-order valence-electron chi connectivity index (χ1n) is 8.88. The minimum atomic E-state index is -0.108. The molecule has 0 spiro atoms. The third-order valence-electron chi connectivity index (χ3n) is 4.16. The average molecular weight is 354 g/mol. The number of ether oxygens (including phenoxy) is 1. The summed E-state index contributed by atoms with van der Waals surface area (Å²) in [6.45, 7) is 3.69. The van der Waals surface area contributed by atoms with Gasteiger partial charge in [0.25, 0.3) is 5.91 Å². The Morgan fingerprint density at radius 3 is 2.35 bits per heavy atom. The number of benzene rings is 2. The standard InChI is InChI=1S/C21H26N2O3/c1-3-23(16-17-11-13-19(26-2)14-12-17)20(24)10-7-15-22-21(25)18-8-5-4-6-9-18/h4-6,8-9,11-14H,3,7,10,15-16H2,1-2H3,(H,22,25). The number of rotatable bonds is 9. The quantitative estimate of drug-likeness (QED) is 0.703. The lowest BCUT2D eigenvalue weighted by molar-refractivity contribution is -0.131. The van der Waals surface area contributed by atoms with Gasteiger partial charge in [-0.05, 0) is 43.2 Å². The van der Waals surface area contributed by atoms with E-state index < -0.39 is 0 Å². The fourth-order valence-corrected chi connectivity index (χ4v) is 2.62. The predicted octanol–water partition coefficient (Wildman–Crippen LogP) is 3.25. The Hall–Kier alpha value is -2.82. The van der Waals surface area contributed by atoms with Crippen molar-refractivity contribution in [1.29, 1.82) is 0 Å². The van der Waals surface area contributed by atoms with E-state index in [0.717, 1.165) is 11.3 Å². The van der Waals surface area contributed by atoms with Crippen LogP contribution in [-0.4, -0.2) is 36.9 Å². The van der Waals surface area contributed by atoms with Crippen molar-refractivity contribution in [3.05, 3.63) is 65.7 Å². The minimum Gasteiger partial charge on any atom is -0.497 e. The van der Waals surface area contributed by atoms with Crippen molar-refractivity contribution in [1.82, 2.24) is 10.2 Å². The molecule has 0 unspecified atom stereocenters. The maximum Gasteiger partial charge on any atom is 0.251 e. The van der Waals surface area contributed by atoms with Gasteiger partial charge < -0.3 is 15.0 Å². The Morgan fingerprint density at radius 2 is 1.73 bits per heavy atom. The largest absolute Gasteiger partial charge is 0.497 e. The van der Waals surface area contributed by atoms with Crippen molar-refractivity contribution in [3.8, 4) is 5.75 Å². The molecule has 0 radical (unpaired) electrons. The van der Waals surface area contributed by atoms with Crippen molar-refractivity contribution >= 4 is 11.8 Å². The second kappa shape index (κ2) is 10.2. The molecule has 0 fully saturated rings. The van der Waals surface area contributed by atoms with Gasteiger partial charge in [-0.25, -0.2) is 0 Å². The maximum atomic E-state index is 12.4. The van der Waals surface area contributed by atoms with Gasteiger partial charge in [0, 0.05) is 31.6 Å². The van der Waals surface area contributed by atoms with E-state index >= 15 is 0 Å². The number of carbonyl (C=O) groups excluding carboxylic acids is 2. The fraction of sp³-hybridized carbons (Fsp3) is 0.333. The number of hydrogen-bond acceptors (Lipinski definition) is 3. The second-order valence-corrected chi connectivity index (χ2v) is 5.98. The van der Waals surface area contributed by atoms with E-state index in [0.29, 0.717) is 38.0 Å². The van der Waals surface area contributed by atoms with Gasteiger partial charge in [-0.15, -0.1) is 0 Å². The molecule has 2 aromatic carbocycles. The van der Waals surface area contributed by atoms with Crippen molar-refractivity contribution in [2.45, 2.75) is 26.3 Å². The van der Waals surface area contributed by atoms with Crippen LogP contribution in [0.3, 0.4) is 0 Å². The summed E-state index contributed by atoms with van der Waals surface area (Å²) >= 11 is 0. The molecule has 0 aromatic heterocycles. The first kappa shape index (κ1) is 19.5. The molecule has 1 N–H and O–H groups in total. The molecule has 0 saturated heterocycles. The summed E-state index contributed by atoms with van der Waals surface area (Å²) < 4.78 is 5.15. The highest BCUT2D eigenvalue weighted by Crippen LogP contribution is 2.13. The van der Waals surface area contributed by atoms with Crippen molar-refractivity contribution in [2.75, 3.05) is 20.2 Å². The topological polar surface area (TPSA) is 58.6 Å². The normalized spacial score (nSPS) is 10.2. The fourth-order valence-electron chi connectivity index (χ4n) is 2.62. The molecule has 2 rings (SSSR count). The SMILES string of the molecule is CCN(Cc1ccc(OC)cc1)C(=O)CCCNC(=O)c1ccccc1. The van der Waals surface area contributed by atoms with Crippen LogP contribution in [0.15, 0.2) is 54.6 Å². The van der Waals surface area contributed by atoms with Crippen molar-refractivity contribution in [3.63, 3.8) is 0 Å². The maximum absolute atomic E-state index is 12.4. The molecule has 2 amide bonds. The van der Waals surface area contributed by atoms with E-state index in [-0.39, 0.29) is 11.8 Å². The smallest absolute Gasteiger partial charge is 0.251 e. The Labute approximate surface area is 155 Å². The van der Waals surface area contributed by atoms with Gasteiger partial charge in [-0.3, -0.25) is 9.59 Å². The molecule has 0 atom stereocenters. The van der Waals surface area contributed by atoms with Gasteiger partial charge in [-0.2, -0.15) is 0 Å². The van der Waals surface area contributed by atoms with E-state index in [1.165, 1.54) is 0 Å². The number of hydrogen-bond donors (Lipinski definition) is 1. The highest BCUT2D eigenvalue weighted by molar-refractivity contribution is 5.94. The molecule has 0 heterocycles. The summed E-state index contributed by atoms with van der Waals surface area (Å²) in [6, 6.07) is 16.8. The minimum absolute atomic E-state index is 0.0947. The molecule has 5 nitrogen and oxygen atoms in total. The molecule has 26 heavy (non-hydrogen) atoms. The zero-order chi connectivity index (χ0) is 18.8. The van der Waals surface area contributed by atoms with Crippen LogP contribution < -0.4 is 10.1 Å². The lowest BCUT2D eigenvalue weighted by Gasteiger charge is -2.21. The van der Waals surface area contributed by atoms with Gasteiger partial charge in [-0.1, -0.05) is 30.3 Å². The van der Waals surface area contributed by atoms with Crippen LogP contribution in [-0.2, 0) is 11.3 Å². The highest BCUT2D eigenvalue weighted by atomic mass is 16.5. The molecular formula is C21H26N2O3. The van der Waals surface area contributed by atoms with Gasteiger partial charge in [0.2, 0.25) is 5.91 Å². The summed E-state index contributed by atoms with van der Waals surface area (Å²) in [5, 5.41) is 2.85. The third kappa shape index (κ3) is 5.92. The third-order valence-corrected chi connectivity index (χ3v) is 4.16. The van der Waals surface area contributed by atoms with Crippen LogP contribution in [0.5, 0.6) is 5.75 Å². The molecular weight excluding hydrogens is 328 g/mol. The van der Waals surface area contributed by atoms with Gasteiger partial charge >= 0.3 is 0 Å². The summed E-state index contributed by atoms with van der Waals surface area (Å²) in [5.41, 5.74) is 1.70. The number of carbonyl (C=O) groups is 2. The van der Waals surface area contributed by atoms with Crippen molar-refractivity contribution in [2.24, 2.45) is 0 Å². The summed E-state index contributed by atoms with van der Waals surface area (Å²) in [4.78, 5) is 26.2. The van der Waals surface area contributed by atoms with Gasteiger partial charge in [0.05, 0.1) is 7.11 Å². The number of amides is 2. The summed E-state index contributed by atoms with van der Waals surface area (Å²) in [5.74, 6) is 0.790. The zero-order valence-corrected chi connectivity index (χ0v) is 15.4. The number of nitrogens with zero attached hydrogens (tertiary/aromatic N) is 1. The van der Waals surface area contributed by atoms with Crippen LogP contribution in [0.2, 0.25) is 0 Å².